The molecule has 1 aliphatic carbocycles. The molecule has 1 aromatic heterocycles. The Balaban J connectivity index is 1.83. The van der Waals surface area contributed by atoms with Crippen LogP contribution >= 0.6 is 11.6 Å². The molecule has 1 aliphatic heterocycles. The minimum atomic E-state index is -1.39. The molecule has 2 atom stereocenters. The van der Waals surface area contributed by atoms with Gasteiger partial charge in [-0.3, -0.25) is 4.79 Å². The van der Waals surface area contributed by atoms with Crippen molar-refractivity contribution in [1.82, 2.24) is 9.47 Å². The van der Waals surface area contributed by atoms with Gasteiger partial charge in [0.25, 0.3) is 0 Å². The Morgan fingerprint density at radius 3 is 2.59 bits per heavy atom. The molecule has 2 fully saturated rings. The SMILES string of the molecule is C[C@@H]([C@@H]1CCN(c2cc3c(cc2F)c(=O)c(C(=O)O)c(Cl)n3C2CC2)C1)N(C)C. The zero-order chi connectivity index (χ0) is 21.0. The summed E-state index contributed by atoms with van der Waals surface area (Å²) < 4.78 is 16.7. The molecule has 4 rings (SSSR count). The first-order valence-corrected chi connectivity index (χ1v) is 10.3. The second-order valence-corrected chi connectivity index (χ2v) is 8.78. The molecular formula is C21H25ClFN3O3. The van der Waals surface area contributed by atoms with Crippen LogP contribution in [0.15, 0.2) is 16.9 Å². The number of nitrogens with zero attached hydrogens (tertiary/aromatic N) is 3. The van der Waals surface area contributed by atoms with Gasteiger partial charge in [0.05, 0.1) is 11.2 Å². The van der Waals surface area contributed by atoms with Crippen molar-refractivity contribution in [2.45, 2.75) is 38.3 Å². The average Bonchev–Trinajstić information content (AvgIpc) is 3.36. The van der Waals surface area contributed by atoms with Gasteiger partial charge in [0, 0.05) is 30.6 Å². The molecule has 0 unspecified atom stereocenters. The summed E-state index contributed by atoms with van der Waals surface area (Å²) >= 11 is 6.34. The maximum atomic E-state index is 15.0. The fourth-order valence-electron chi connectivity index (χ4n) is 4.33. The Hall–Kier alpha value is -2.12. The maximum absolute atomic E-state index is 15.0. The van der Waals surface area contributed by atoms with E-state index in [2.05, 4.69) is 11.8 Å². The Morgan fingerprint density at radius 2 is 2.00 bits per heavy atom. The van der Waals surface area contributed by atoms with Gasteiger partial charge in [0.2, 0.25) is 5.43 Å². The van der Waals surface area contributed by atoms with E-state index >= 15 is 4.39 Å². The third-order valence-corrected chi connectivity index (χ3v) is 6.77. The van der Waals surface area contributed by atoms with Crippen molar-refractivity contribution in [3.8, 4) is 0 Å². The zero-order valence-electron chi connectivity index (χ0n) is 16.8. The van der Waals surface area contributed by atoms with Crippen LogP contribution in [0.2, 0.25) is 5.15 Å². The van der Waals surface area contributed by atoms with E-state index in [1.807, 2.05) is 19.0 Å². The highest BCUT2D eigenvalue weighted by molar-refractivity contribution is 6.33. The fourth-order valence-corrected chi connectivity index (χ4v) is 4.72. The lowest BCUT2D eigenvalue weighted by atomic mass is 10.00. The molecule has 2 heterocycles. The third-order valence-electron chi connectivity index (χ3n) is 6.40. The molecule has 1 saturated heterocycles. The molecule has 2 aromatic rings. The lowest BCUT2D eigenvalue weighted by Crippen LogP contribution is -2.34. The molecule has 1 N–H and O–H groups in total. The highest BCUT2D eigenvalue weighted by Crippen LogP contribution is 2.41. The van der Waals surface area contributed by atoms with Gasteiger partial charge in [0.1, 0.15) is 16.5 Å². The van der Waals surface area contributed by atoms with E-state index in [-0.39, 0.29) is 16.6 Å². The van der Waals surface area contributed by atoms with Gasteiger partial charge >= 0.3 is 5.97 Å². The largest absolute Gasteiger partial charge is 0.477 e. The van der Waals surface area contributed by atoms with E-state index < -0.39 is 22.8 Å². The molecule has 156 valence electrons. The minimum Gasteiger partial charge on any atom is -0.477 e. The lowest BCUT2D eigenvalue weighted by Gasteiger charge is -2.27. The third kappa shape index (κ3) is 3.40. The summed E-state index contributed by atoms with van der Waals surface area (Å²) in [6.07, 6.45) is 2.68. The molecule has 1 aromatic carbocycles. The van der Waals surface area contributed by atoms with Crippen molar-refractivity contribution in [2.75, 3.05) is 32.1 Å². The minimum absolute atomic E-state index is 0.0436. The predicted molar refractivity (Wildman–Crippen MR) is 112 cm³/mol. The molecule has 1 saturated carbocycles. The van der Waals surface area contributed by atoms with Gasteiger partial charge in [-0.15, -0.1) is 0 Å². The number of carbonyl (C=O) groups is 1. The first-order valence-electron chi connectivity index (χ1n) is 9.92. The lowest BCUT2D eigenvalue weighted by molar-refractivity contribution is 0.0695. The van der Waals surface area contributed by atoms with Crippen LogP contribution in [0.1, 0.15) is 42.6 Å². The summed E-state index contributed by atoms with van der Waals surface area (Å²) in [5, 5.41) is 9.44. The Morgan fingerprint density at radius 1 is 1.31 bits per heavy atom. The monoisotopic (exact) mass is 421 g/mol. The highest BCUT2D eigenvalue weighted by atomic mass is 35.5. The summed E-state index contributed by atoms with van der Waals surface area (Å²) in [7, 11) is 4.08. The van der Waals surface area contributed by atoms with Crippen molar-refractivity contribution in [1.29, 1.82) is 0 Å². The predicted octanol–water partition coefficient (Wildman–Crippen LogP) is 3.60. The molecule has 2 aliphatic rings. The molecular weight excluding hydrogens is 397 g/mol. The molecule has 0 radical (unpaired) electrons. The van der Waals surface area contributed by atoms with Crippen molar-refractivity contribution in [2.24, 2.45) is 5.92 Å². The van der Waals surface area contributed by atoms with E-state index in [9.17, 15) is 14.7 Å². The summed E-state index contributed by atoms with van der Waals surface area (Å²) in [5.41, 5.74) is -0.272. The second kappa shape index (κ2) is 7.29. The van der Waals surface area contributed by atoms with Crippen LogP contribution < -0.4 is 10.3 Å². The number of carboxylic acid groups (broad SMARTS) is 1. The standard InChI is InChI=1S/C21H25ClFN3O3/c1-11(24(2)3)12-6-7-25(10-12)17-9-16-14(8-15(17)23)19(27)18(21(28)29)20(22)26(16)13-4-5-13/h8-9,11-13H,4-7,10H2,1-3H3,(H,28,29)/t11-,12+/m0/s1. The second-order valence-electron chi connectivity index (χ2n) is 8.42. The normalized spacial score (nSPS) is 20.6. The summed E-state index contributed by atoms with van der Waals surface area (Å²) in [6.45, 7) is 3.64. The zero-order valence-corrected chi connectivity index (χ0v) is 17.5. The Kier molecular flexibility index (Phi) is 5.07. The highest BCUT2D eigenvalue weighted by Gasteiger charge is 2.33. The number of pyridine rings is 1. The number of carboxylic acids is 1. The molecule has 6 nitrogen and oxygen atoms in total. The first-order chi connectivity index (χ1) is 13.7. The molecule has 0 bridgehead atoms. The van der Waals surface area contributed by atoms with Crippen molar-refractivity contribution < 1.29 is 14.3 Å². The van der Waals surface area contributed by atoms with E-state index in [1.165, 1.54) is 6.07 Å². The summed E-state index contributed by atoms with van der Waals surface area (Å²) in [6, 6.07) is 3.27. The van der Waals surface area contributed by atoms with E-state index in [4.69, 9.17) is 11.6 Å². The van der Waals surface area contributed by atoms with Crippen molar-refractivity contribution in [3.63, 3.8) is 0 Å². The smallest absolute Gasteiger partial charge is 0.342 e. The van der Waals surface area contributed by atoms with Gasteiger partial charge in [-0.1, -0.05) is 11.6 Å². The van der Waals surface area contributed by atoms with Gasteiger partial charge in [-0.25, -0.2) is 9.18 Å². The number of aromatic nitrogens is 1. The molecule has 29 heavy (non-hydrogen) atoms. The topological polar surface area (TPSA) is 65.8 Å². The van der Waals surface area contributed by atoms with Gasteiger partial charge in [-0.2, -0.15) is 0 Å². The summed E-state index contributed by atoms with van der Waals surface area (Å²) in [5.74, 6) is -1.47. The summed E-state index contributed by atoms with van der Waals surface area (Å²) in [4.78, 5) is 28.5. The van der Waals surface area contributed by atoms with Crippen LogP contribution in [0.25, 0.3) is 10.9 Å². The van der Waals surface area contributed by atoms with Crippen LogP contribution in [0, 0.1) is 11.7 Å². The quantitative estimate of drug-likeness (QED) is 0.747. The van der Waals surface area contributed by atoms with Crippen LogP contribution in [0.4, 0.5) is 10.1 Å². The number of rotatable bonds is 5. The van der Waals surface area contributed by atoms with Crippen LogP contribution in [0.3, 0.4) is 0 Å². The van der Waals surface area contributed by atoms with E-state index in [1.54, 1.807) is 10.6 Å². The first kappa shape index (κ1) is 20.2. The molecule has 0 amide bonds. The van der Waals surface area contributed by atoms with Gasteiger partial charge < -0.3 is 19.5 Å². The van der Waals surface area contributed by atoms with Crippen LogP contribution in [-0.4, -0.2) is 53.8 Å². The Bertz CT molecular complexity index is 1050. The van der Waals surface area contributed by atoms with E-state index in [0.717, 1.165) is 32.4 Å². The maximum Gasteiger partial charge on any atom is 0.342 e. The van der Waals surface area contributed by atoms with Crippen LogP contribution in [0.5, 0.6) is 0 Å². The number of anilines is 1. The van der Waals surface area contributed by atoms with Crippen molar-refractivity contribution in [3.05, 3.63) is 38.9 Å². The number of aromatic carboxylic acids is 1. The fraction of sp³-hybridized carbons (Fsp3) is 0.524. The van der Waals surface area contributed by atoms with Crippen LogP contribution in [-0.2, 0) is 0 Å². The number of benzene rings is 1. The molecule has 0 spiro atoms. The molecule has 8 heteroatoms. The Labute approximate surface area is 173 Å². The van der Waals surface area contributed by atoms with E-state index in [0.29, 0.717) is 23.2 Å². The van der Waals surface area contributed by atoms with Gasteiger partial charge in [-0.05, 0) is 58.3 Å². The van der Waals surface area contributed by atoms with Gasteiger partial charge in [0.15, 0.2) is 0 Å². The van der Waals surface area contributed by atoms with Crippen molar-refractivity contribution >= 4 is 34.2 Å². The number of halogens is 2. The average molecular weight is 422 g/mol. The number of fused-ring (bicyclic) bond motifs is 1. The number of hydrogen-bond donors (Lipinski definition) is 1. The number of hydrogen-bond acceptors (Lipinski definition) is 4.